The third-order valence-electron chi connectivity index (χ3n) is 4.57. The molecule has 144 valence electrons. The van der Waals surface area contributed by atoms with Gasteiger partial charge in [0, 0.05) is 0 Å². The standard InChI is InChI=1S/C23H18N2O3S/c1-15-13-17(14-16(2)28-15)20-21(26)24(18-9-5-3-6-10-18)23(29)25(22(20)27)19-11-7-4-8-12-19/h3-14H,1-2H3. The minimum atomic E-state index is -0.455. The van der Waals surface area contributed by atoms with E-state index in [4.69, 9.17) is 17.0 Å². The molecular formula is C23H18N2O3S. The summed E-state index contributed by atoms with van der Waals surface area (Å²) >= 11 is 5.60. The molecule has 0 saturated carbocycles. The molecular weight excluding hydrogens is 384 g/mol. The number of amides is 2. The van der Waals surface area contributed by atoms with E-state index < -0.39 is 11.8 Å². The van der Waals surface area contributed by atoms with Gasteiger partial charge >= 0.3 is 0 Å². The van der Waals surface area contributed by atoms with Crippen LogP contribution in [0.25, 0.3) is 0 Å². The second kappa shape index (κ2) is 7.48. The lowest BCUT2D eigenvalue weighted by atomic mass is 9.99. The molecule has 2 aromatic carbocycles. The normalized spacial score (nSPS) is 17.2. The van der Waals surface area contributed by atoms with E-state index in [1.54, 1.807) is 50.3 Å². The van der Waals surface area contributed by atoms with Gasteiger partial charge in [0.1, 0.15) is 17.1 Å². The molecule has 2 heterocycles. The van der Waals surface area contributed by atoms with Gasteiger partial charge in [-0.25, -0.2) is 0 Å². The molecule has 0 aromatic heterocycles. The van der Waals surface area contributed by atoms with Crippen molar-refractivity contribution in [2.75, 3.05) is 9.80 Å². The number of hydrogen-bond acceptors (Lipinski definition) is 4. The number of carbonyl (C=O) groups excluding carboxylic acids is 2. The second-order valence-electron chi connectivity index (χ2n) is 6.68. The van der Waals surface area contributed by atoms with Crippen molar-refractivity contribution in [3.63, 3.8) is 0 Å². The number of rotatable bonds is 2. The number of para-hydroxylation sites is 2. The van der Waals surface area contributed by atoms with Crippen molar-refractivity contribution in [1.82, 2.24) is 0 Å². The average Bonchev–Trinajstić information content (AvgIpc) is 2.69. The van der Waals surface area contributed by atoms with Crippen molar-refractivity contribution in [3.05, 3.63) is 95.5 Å². The molecule has 2 aromatic rings. The molecule has 6 heteroatoms. The van der Waals surface area contributed by atoms with Gasteiger partial charge in [-0.15, -0.1) is 0 Å². The number of allylic oxidation sites excluding steroid dienone is 5. The Morgan fingerprint density at radius 3 is 1.55 bits per heavy atom. The molecule has 2 aliphatic rings. The molecule has 5 nitrogen and oxygen atoms in total. The Bertz CT molecular complexity index is 1020. The molecule has 0 radical (unpaired) electrons. The van der Waals surface area contributed by atoms with Crippen LogP contribution in [0.5, 0.6) is 0 Å². The molecule has 2 aliphatic heterocycles. The summed E-state index contributed by atoms with van der Waals surface area (Å²) in [5.41, 5.74) is 1.75. The van der Waals surface area contributed by atoms with Crippen LogP contribution in [0.3, 0.4) is 0 Å². The fourth-order valence-corrected chi connectivity index (χ4v) is 3.76. The fourth-order valence-electron chi connectivity index (χ4n) is 3.38. The Morgan fingerprint density at radius 2 is 1.14 bits per heavy atom. The van der Waals surface area contributed by atoms with Crippen LogP contribution in [0.2, 0.25) is 0 Å². The highest BCUT2D eigenvalue weighted by molar-refractivity contribution is 7.81. The number of thiocarbonyl (C=S) groups is 1. The maximum absolute atomic E-state index is 13.5. The Morgan fingerprint density at radius 1 is 0.724 bits per heavy atom. The molecule has 1 fully saturated rings. The van der Waals surface area contributed by atoms with E-state index in [0.29, 0.717) is 28.5 Å². The van der Waals surface area contributed by atoms with Crippen LogP contribution in [0.4, 0.5) is 11.4 Å². The van der Waals surface area contributed by atoms with E-state index in [0.717, 1.165) is 0 Å². The van der Waals surface area contributed by atoms with Crippen LogP contribution in [-0.4, -0.2) is 16.9 Å². The number of carbonyl (C=O) groups is 2. The van der Waals surface area contributed by atoms with Crippen LogP contribution < -0.4 is 9.80 Å². The van der Waals surface area contributed by atoms with E-state index in [9.17, 15) is 9.59 Å². The van der Waals surface area contributed by atoms with Gasteiger partial charge < -0.3 is 4.74 Å². The van der Waals surface area contributed by atoms with Crippen molar-refractivity contribution in [2.45, 2.75) is 13.8 Å². The highest BCUT2D eigenvalue weighted by Gasteiger charge is 2.42. The lowest BCUT2D eigenvalue weighted by Gasteiger charge is -2.37. The molecule has 0 aliphatic carbocycles. The number of ether oxygens (including phenoxy) is 1. The van der Waals surface area contributed by atoms with Gasteiger partial charge in [-0.1, -0.05) is 36.4 Å². The highest BCUT2D eigenvalue weighted by atomic mass is 32.1. The smallest absolute Gasteiger partial charge is 0.270 e. The third-order valence-corrected chi connectivity index (χ3v) is 4.94. The lowest BCUT2D eigenvalue weighted by molar-refractivity contribution is -0.121. The van der Waals surface area contributed by atoms with Crippen molar-refractivity contribution in [3.8, 4) is 0 Å². The van der Waals surface area contributed by atoms with Crippen LogP contribution in [0.1, 0.15) is 13.8 Å². The highest BCUT2D eigenvalue weighted by Crippen LogP contribution is 2.32. The zero-order chi connectivity index (χ0) is 20.5. The Hall–Kier alpha value is -3.51. The van der Waals surface area contributed by atoms with E-state index in [1.807, 2.05) is 36.4 Å². The van der Waals surface area contributed by atoms with Gasteiger partial charge in [-0.05, 0) is 68.1 Å². The lowest BCUT2D eigenvalue weighted by Crippen LogP contribution is -2.57. The average molecular weight is 402 g/mol. The van der Waals surface area contributed by atoms with Gasteiger partial charge in [0.2, 0.25) is 0 Å². The summed E-state index contributed by atoms with van der Waals surface area (Å²) in [6.07, 6.45) is 3.39. The topological polar surface area (TPSA) is 49.9 Å². The number of anilines is 2. The number of nitrogens with zero attached hydrogens (tertiary/aromatic N) is 2. The first kappa shape index (κ1) is 18.8. The van der Waals surface area contributed by atoms with Crippen LogP contribution >= 0.6 is 12.2 Å². The summed E-state index contributed by atoms with van der Waals surface area (Å²) in [5.74, 6) is 0.310. The summed E-state index contributed by atoms with van der Waals surface area (Å²) in [6, 6.07) is 18.2. The Balaban J connectivity index is 1.94. The molecule has 0 N–H and O–H groups in total. The van der Waals surface area contributed by atoms with Gasteiger partial charge in [-0.2, -0.15) is 0 Å². The Kier molecular flexibility index (Phi) is 4.86. The van der Waals surface area contributed by atoms with E-state index in [-0.39, 0.29) is 10.7 Å². The van der Waals surface area contributed by atoms with E-state index in [1.165, 1.54) is 9.80 Å². The second-order valence-corrected chi connectivity index (χ2v) is 7.04. The SMILES string of the molecule is CC1=CC(=C2C(=O)N(c3ccccc3)C(=S)N(c3ccccc3)C2=O)C=C(C)O1. The third kappa shape index (κ3) is 3.39. The zero-order valence-corrected chi connectivity index (χ0v) is 16.8. The molecule has 0 bridgehead atoms. The largest absolute Gasteiger partial charge is 0.467 e. The van der Waals surface area contributed by atoms with Gasteiger partial charge in [0.15, 0.2) is 5.11 Å². The quantitative estimate of drug-likeness (QED) is 0.422. The number of benzene rings is 2. The minimum absolute atomic E-state index is 0.0494. The van der Waals surface area contributed by atoms with Crippen molar-refractivity contribution < 1.29 is 14.3 Å². The first-order chi connectivity index (χ1) is 14.0. The van der Waals surface area contributed by atoms with Crippen LogP contribution in [-0.2, 0) is 14.3 Å². The van der Waals surface area contributed by atoms with Gasteiger partial charge in [0.25, 0.3) is 11.8 Å². The van der Waals surface area contributed by atoms with Crippen molar-refractivity contribution >= 4 is 40.5 Å². The van der Waals surface area contributed by atoms with E-state index in [2.05, 4.69) is 0 Å². The maximum Gasteiger partial charge on any atom is 0.270 e. The molecule has 0 atom stereocenters. The van der Waals surface area contributed by atoms with Crippen molar-refractivity contribution in [1.29, 1.82) is 0 Å². The molecule has 0 unspecified atom stereocenters. The summed E-state index contributed by atoms with van der Waals surface area (Å²) in [5, 5.41) is 0.121. The maximum atomic E-state index is 13.5. The summed E-state index contributed by atoms with van der Waals surface area (Å²) in [7, 11) is 0. The molecule has 0 spiro atoms. The Labute approximate surface area is 174 Å². The monoisotopic (exact) mass is 402 g/mol. The fraction of sp³-hybridized carbons (Fsp3) is 0.0870. The number of hydrogen-bond donors (Lipinski definition) is 0. The van der Waals surface area contributed by atoms with Crippen LogP contribution in [0.15, 0.2) is 95.5 Å². The van der Waals surface area contributed by atoms with Gasteiger partial charge in [-0.3, -0.25) is 19.4 Å². The van der Waals surface area contributed by atoms with Crippen LogP contribution in [0, 0.1) is 0 Å². The predicted molar refractivity (Wildman–Crippen MR) is 116 cm³/mol. The summed E-state index contributed by atoms with van der Waals surface area (Å²) in [6.45, 7) is 3.56. The first-order valence-electron chi connectivity index (χ1n) is 9.09. The molecule has 1 saturated heterocycles. The van der Waals surface area contributed by atoms with Gasteiger partial charge in [0.05, 0.1) is 11.4 Å². The molecule has 29 heavy (non-hydrogen) atoms. The zero-order valence-electron chi connectivity index (χ0n) is 16.0. The molecule has 2 amide bonds. The first-order valence-corrected chi connectivity index (χ1v) is 9.50. The van der Waals surface area contributed by atoms with E-state index >= 15 is 0 Å². The predicted octanol–water partition coefficient (Wildman–Crippen LogP) is 4.49. The molecule has 4 rings (SSSR count). The summed E-state index contributed by atoms with van der Waals surface area (Å²) in [4.78, 5) is 29.7. The summed E-state index contributed by atoms with van der Waals surface area (Å²) < 4.78 is 5.53. The minimum Gasteiger partial charge on any atom is -0.467 e. The van der Waals surface area contributed by atoms with Crippen molar-refractivity contribution in [2.24, 2.45) is 0 Å².